The zero-order valence-electron chi connectivity index (χ0n) is 13.6. The highest BCUT2D eigenvalue weighted by Crippen LogP contribution is 2.33. The van der Waals surface area contributed by atoms with Crippen LogP contribution in [0.1, 0.15) is 52.0 Å². The van der Waals surface area contributed by atoms with Crippen LogP contribution >= 0.6 is 11.6 Å². The highest BCUT2D eigenvalue weighted by atomic mass is 35.5. The van der Waals surface area contributed by atoms with Crippen molar-refractivity contribution >= 4 is 11.6 Å². The maximum absolute atomic E-state index is 10.1. The monoisotopic (exact) mass is 313 g/mol. The van der Waals surface area contributed by atoms with E-state index in [2.05, 4.69) is 26.1 Å². The van der Waals surface area contributed by atoms with Gasteiger partial charge in [-0.05, 0) is 17.9 Å². The molecule has 0 fully saturated rings. The Morgan fingerprint density at radius 1 is 1.29 bits per heavy atom. The van der Waals surface area contributed by atoms with Crippen LogP contribution in [0.5, 0.6) is 11.5 Å². The van der Waals surface area contributed by atoms with Gasteiger partial charge < -0.3 is 15.2 Å². The maximum Gasteiger partial charge on any atom is 0.162 e. The van der Waals surface area contributed by atoms with E-state index < -0.39 is 0 Å². The lowest BCUT2D eigenvalue weighted by Gasteiger charge is -2.25. The number of aromatic hydroxyl groups is 1. The fourth-order valence-electron chi connectivity index (χ4n) is 2.40. The number of hydrogen-bond donors (Lipinski definition) is 2. The van der Waals surface area contributed by atoms with Crippen LogP contribution in [0, 0.1) is 5.41 Å². The molecule has 0 amide bonds. The molecule has 0 heterocycles. The number of unbranched alkanes of at least 4 members (excludes halogenated alkanes) is 2. The normalized spacial score (nSPS) is 11.7. The summed E-state index contributed by atoms with van der Waals surface area (Å²) in [6, 6.07) is 3.39. The number of methoxy groups -OCH3 is 1. The number of halogens is 1. The molecule has 1 aromatic carbocycles. The molecular formula is C17H28ClNO2. The Balaban J connectivity index is 2.54. The average Bonchev–Trinajstić information content (AvgIpc) is 2.42. The Labute approximate surface area is 133 Å². The molecule has 21 heavy (non-hydrogen) atoms. The lowest BCUT2D eigenvalue weighted by Crippen LogP contribution is -2.29. The van der Waals surface area contributed by atoms with Crippen LogP contribution < -0.4 is 10.1 Å². The minimum atomic E-state index is 0.165. The minimum absolute atomic E-state index is 0.165. The predicted molar refractivity (Wildman–Crippen MR) is 89.3 cm³/mol. The van der Waals surface area contributed by atoms with E-state index in [1.54, 1.807) is 12.1 Å². The van der Waals surface area contributed by atoms with Gasteiger partial charge in [0.25, 0.3) is 0 Å². The van der Waals surface area contributed by atoms with Gasteiger partial charge in [-0.25, -0.2) is 0 Å². The summed E-state index contributed by atoms with van der Waals surface area (Å²) in [6.07, 6.45) is 5.01. The van der Waals surface area contributed by atoms with E-state index >= 15 is 0 Å². The first-order chi connectivity index (χ1) is 9.89. The number of hydrogen-bond acceptors (Lipinski definition) is 3. The third kappa shape index (κ3) is 6.15. The molecule has 0 radical (unpaired) electrons. The van der Waals surface area contributed by atoms with E-state index in [1.165, 1.54) is 32.8 Å². The van der Waals surface area contributed by atoms with Gasteiger partial charge in [0.05, 0.1) is 7.11 Å². The van der Waals surface area contributed by atoms with Gasteiger partial charge in [-0.2, -0.15) is 0 Å². The van der Waals surface area contributed by atoms with Crippen molar-refractivity contribution in [3.63, 3.8) is 0 Å². The van der Waals surface area contributed by atoms with Crippen LogP contribution in [0.15, 0.2) is 12.1 Å². The maximum atomic E-state index is 10.1. The first-order valence-corrected chi connectivity index (χ1v) is 8.03. The first kappa shape index (κ1) is 18.1. The first-order valence-electron chi connectivity index (χ1n) is 7.65. The summed E-state index contributed by atoms with van der Waals surface area (Å²) in [5.41, 5.74) is 1.02. The van der Waals surface area contributed by atoms with E-state index in [1.807, 2.05) is 0 Å². The van der Waals surface area contributed by atoms with Crippen LogP contribution in [0.25, 0.3) is 0 Å². The van der Waals surface area contributed by atoms with Crippen molar-refractivity contribution in [1.29, 1.82) is 0 Å². The third-order valence-corrected chi connectivity index (χ3v) is 3.93. The van der Waals surface area contributed by atoms with Crippen molar-refractivity contribution < 1.29 is 9.84 Å². The number of nitrogens with one attached hydrogen (secondary N) is 1. The van der Waals surface area contributed by atoms with Crippen molar-refractivity contribution in [3.8, 4) is 11.5 Å². The highest BCUT2D eigenvalue weighted by molar-refractivity contribution is 6.30. The summed E-state index contributed by atoms with van der Waals surface area (Å²) in [5, 5.41) is 14.1. The third-order valence-electron chi connectivity index (χ3n) is 3.71. The number of phenols is 1. The van der Waals surface area contributed by atoms with Crippen molar-refractivity contribution in [3.05, 3.63) is 22.7 Å². The second kappa shape index (κ2) is 8.50. The van der Waals surface area contributed by atoms with E-state index in [0.717, 1.165) is 12.1 Å². The van der Waals surface area contributed by atoms with Gasteiger partial charge >= 0.3 is 0 Å². The molecule has 1 rings (SSSR count). The molecule has 1 aromatic rings. The summed E-state index contributed by atoms with van der Waals surface area (Å²) >= 11 is 6.04. The minimum Gasteiger partial charge on any atom is -0.504 e. The summed E-state index contributed by atoms with van der Waals surface area (Å²) < 4.78 is 5.12. The molecule has 3 nitrogen and oxygen atoms in total. The van der Waals surface area contributed by atoms with Crippen LogP contribution in [0.3, 0.4) is 0 Å². The van der Waals surface area contributed by atoms with E-state index in [0.29, 0.717) is 17.3 Å². The van der Waals surface area contributed by atoms with Gasteiger partial charge in [0.2, 0.25) is 0 Å². The molecule has 0 aliphatic rings. The molecule has 0 aliphatic carbocycles. The number of benzene rings is 1. The number of ether oxygens (including phenoxy) is 1. The smallest absolute Gasteiger partial charge is 0.162 e. The number of rotatable bonds is 9. The quantitative estimate of drug-likeness (QED) is 0.646. The van der Waals surface area contributed by atoms with E-state index in [-0.39, 0.29) is 11.2 Å². The molecule has 0 aromatic heterocycles. The van der Waals surface area contributed by atoms with Gasteiger partial charge in [0.15, 0.2) is 11.5 Å². The van der Waals surface area contributed by atoms with Crippen LogP contribution in [0.4, 0.5) is 0 Å². The lowest BCUT2D eigenvalue weighted by atomic mass is 9.87. The molecule has 0 bridgehead atoms. The fraction of sp³-hybridized carbons (Fsp3) is 0.647. The summed E-state index contributed by atoms with van der Waals surface area (Å²) in [7, 11) is 1.53. The molecule has 0 aliphatic heterocycles. The topological polar surface area (TPSA) is 41.5 Å². The van der Waals surface area contributed by atoms with Gasteiger partial charge in [0.1, 0.15) is 0 Å². The Bertz CT molecular complexity index is 447. The van der Waals surface area contributed by atoms with Gasteiger partial charge in [-0.1, -0.05) is 51.6 Å². The molecule has 0 spiro atoms. The SMILES string of the molecule is CCCCCC(C)(C)CNCc1cc(Cl)cc(OC)c1O. The Morgan fingerprint density at radius 2 is 2.00 bits per heavy atom. The second-order valence-corrected chi connectivity index (χ2v) is 6.78. The molecule has 0 unspecified atom stereocenters. The molecule has 120 valence electrons. The Morgan fingerprint density at radius 3 is 2.62 bits per heavy atom. The van der Waals surface area contributed by atoms with Crippen LogP contribution in [-0.2, 0) is 6.54 Å². The highest BCUT2D eigenvalue weighted by Gasteiger charge is 2.17. The van der Waals surface area contributed by atoms with E-state index in [9.17, 15) is 5.11 Å². The summed E-state index contributed by atoms with van der Waals surface area (Å²) in [4.78, 5) is 0. The van der Waals surface area contributed by atoms with Crippen molar-refractivity contribution in [1.82, 2.24) is 5.32 Å². The lowest BCUT2D eigenvalue weighted by molar-refractivity contribution is 0.300. The van der Waals surface area contributed by atoms with Crippen molar-refractivity contribution in [2.24, 2.45) is 5.41 Å². The summed E-state index contributed by atoms with van der Waals surface area (Å²) in [5.74, 6) is 0.583. The average molecular weight is 314 g/mol. The largest absolute Gasteiger partial charge is 0.504 e. The molecule has 2 N–H and O–H groups in total. The van der Waals surface area contributed by atoms with Crippen molar-refractivity contribution in [2.45, 2.75) is 53.0 Å². The van der Waals surface area contributed by atoms with Crippen LogP contribution in [0.2, 0.25) is 5.02 Å². The molecule has 0 saturated carbocycles. The Kier molecular flexibility index (Phi) is 7.33. The Hall–Kier alpha value is -0.930. The van der Waals surface area contributed by atoms with E-state index in [4.69, 9.17) is 16.3 Å². The van der Waals surface area contributed by atoms with Gasteiger partial charge in [0, 0.05) is 29.7 Å². The van der Waals surface area contributed by atoms with Gasteiger partial charge in [-0.3, -0.25) is 0 Å². The summed E-state index contributed by atoms with van der Waals surface area (Å²) in [6.45, 7) is 8.26. The molecule has 0 saturated heterocycles. The zero-order valence-corrected chi connectivity index (χ0v) is 14.4. The second-order valence-electron chi connectivity index (χ2n) is 6.34. The molecular weight excluding hydrogens is 286 g/mol. The standard InChI is InChI=1S/C17H28ClNO2/c1-5-6-7-8-17(2,3)12-19-11-13-9-14(18)10-15(21-4)16(13)20/h9-10,19-20H,5-8,11-12H2,1-4H3. The van der Waals surface area contributed by atoms with Crippen molar-refractivity contribution in [2.75, 3.05) is 13.7 Å². The molecule has 4 heteroatoms. The molecule has 0 atom stereocenters. The predicted octanol–water partition coefficient (Wildman–Crippen LogP) is 4.75. The number of phenolic OH excluding ortho intramolecular Hbond substituents is 1. The van der Waals surface area contributed by atoms with Gasteiger partial charge in [-0.15, -0.1) is 0 Å². The fourth-order valence-corrected chi connectivity index (χ4v) is 2.63. The van der Waals surface area contributed by atoms with Crippen LogP contribution in [-0.4, -0.2) is 18.8 Å². The zero-order chi connectivity index (χ0) is 15.9.